The van der Waals surface area contributed by atoms with E-state index >= 15 is 0 Å². The molecule has 0 saturated carbocycles. The van der Waals surface area contributed by atoms with Gasteiger partial charge >= 0.3 is 0 Å². The summed E-state index contributed by atoms with van der Waals surface area (Å²) in [6, 6.07) is 5.60. The third-order valence-electron chi connectivity index (χ3n) is 4.37. The third kappa shape index (κ3) is 4.53. The predicted molar refractivity (Wildman–Crippen MR) is 97.6 cm³/mol. The van der Waals surface area contributed by atoms with Crippen molar-refractivity contribution >= 4 is 11.9 Å². The standard InChI is InChI=1S/C19H25N5O/c1-14(2)16-11-17(18(25)21-13-15-7-6-8-20-12-15)23-19(22-16)24-9-4-3-5-10-24/h6-8,11-12,14H,3-5,9-10,13H2,1-2H3,(H,21,25). The van der Waals surface area contributed by atoms with E-state index in [0.29, 0.717) is 18.2 Å². The molecule has 1 saturated heterocycles. The molecule has 1 N–H and O–H groups in total. The number of piperidine rings is 1. The van der Waals surface area contributed by atoms with Crippen LogP contribution in [0.3, 0.4) is 0 Å². The van der Waals surface area contributed by atoms with E-state index in [1.165, 1.54) is 6.42 Å². The van der Waals surface area contributed by atoms with Crippen LogP contribution in [-0.2, 0) is 6.54 Å². The number of hydrogen-bond acceptors (Lipinski definition) is 5. The van der Waals surface area contributed by atoms with Gasteiger partial charge in [0.2, 0.25) is 5.95 Å². The van der Waals surface area contributed by atoms with Crippen LogP contribution < -0.4 is 10.2 Å². The summed E-state index contributed by atoms with van der Waals surface area (Å²) in [6.07, 6.45) is 7.02. The van der Waals surface area contributed by atoms with Crippen molar-refractivity contribution in [3.63, 3.8) is 0 Å². The summed E-state index contributed by atoms with van der Waals surface area (Å²) in [4.78, 5) is 28.1. The summed E-state index contributed by atoms with van der Waals surface area (Å²) in [5, 5.41) is 2.92. The molecule has 0 atom stereocenters. The summed E-state index contributed by atoms with van der Waals surface area (Å²) < 4.78 is 0. The van der Waals surface area contributed by atoms with Crippen LogP contribution in [-0.4, -0.2) is 33.9 Å². The number of pyridine rings is 1. The molecule has 2 aromatic rings. The Morgan fingerprint density at radius 3 is 2.72 bits per heavy atom. The number of hydrogen-bond donors (Lipinski definition) is 1. The lowest BCUT2D eigenvalue weighted by atomic mass is 10.1. The van der Waals surface area contributed by atoms with E-state index in [0.717, 1.165) is 37.2 Å². The Morgan fingerprint density at radius 1 is 1.24 bits per heavy atom. The van der Waals surface area contributed by atoms with E-state index in [4.69, 9.17) is 0 Å². The van der Waals surface area contributed by atoms with Gasteiger partial charge in [-0.3, -0.25) is 9.78 Å². The molecule has 3 rings (SSSR count). The molecule has 1 aliphatic heterocycles. The first-order chi connectivity index (χ1) is 12.1. The van der Waals surface area contributed by atoms with Crippen LogP contribution in [0.25, 0.3) is 0 Å². The van der Waals surface area contributed by atoms with Gasteiger partial charge in [-0.1, -0.05) is 19.9 Å². The normalized spacial score (nSPS) is 14.6. The smallest absolute Gasteiger partial charge is 0.270 e. The van der Waals surface area contributed by atoms with Crippen molar-refractivity contribution in [1.29, 1.82) is 0 Å². The lowest BCUT2D eigenvalue weighted by molar-refractivity contribution is 0.0945. The number of carbonyl (C=O) groups excluding carboxylic acids is 1. The highest BCUT2D eigenvalue weighted by Gasteiger charge is 2.19. The fourth-order valence-corrected chi connectivity index (χ4v) is 2.88. The molecule has 25 heavy (non-hydrogen) atoms. The Bertz CT molecular complexity index is 711. The van der Waals surface area contributed by atoms with Crippen LogP contribution in [0.2, 0.25) is 0 Å². The van der Waals surface area contributed by atoms with Gasteiger partial charge in [-0.05, 0) is 42.9 Å². The van der Waals surface area contributed by atoms with Crippen LogP contribution in [0.5, 0.6) is 0 Å². The molecule has 1 aliphatic rings. The molecule has 1 fully saturated rings. The number of carbonyl (C=O) groups is 1. The van der Waals surface area contributed by atoms with Gasteiger partial charge < -0.3 is 10.2 Å². The highest BCUT2D eigenvalue weighted by molar-refractivity contribution is 5.92. The molecule has 3 heterocycles. The first-order valence-electron chi connectivity index (χ1n) is 8.94. The Kier molecular flexibility index (Phi) is 5.58. The van der Waals surface area contributed by atoms with Crippen LogP contribution in [0.1, 0.15) is 60.8 Å². The Morgan fingerprint density at radius 2 is 2.04 bits per heavy atom. The molecule has 6 heteroatoms. The van der Waals surface area contributed by atoms with E-state index in [-0.39, 0.29) is 11.8 Å². The maximum atomic E-state index is 12.6. The van der Waals surface area contributed by atoms with Crippen molar-refractivity contribution in [3.05, 3.63) is 47.5 Å². The number of aromatic nitrogens is 3. The van der Waals surface area contributed by atoms with Gasteiger partial charge in [0.05, 0.1) is 0 Å². The fraction of sp³-hybridized carbons (Fsp3) is 0.474. The van der Waals surface area contributed by atoms with Crippen molar-refractivity contribution < 1.29 is 4.79 Å². The zero-order valence-electron chi connectivity index (χ0n) is 14.9. The maximum Gasteiger partial charge on any atom is 0.270 e. The first-order valence-corrected chi connectivity index (χ1v) is 8.94. The minimum absolute atomic E-state index is 0.175. The zero-order valence-corrected chi connectivity index (χ0v) is 14.9. The van der Waals surface area contributed by atoms with Crippen molar-refractivity contribution in [2.24, 2.45) is 0 Å². The molecule has 0 unspecified atom stereocenters. The number of rotatable bonds is 5. The Hall–Kier alpha value is -2.50. The van der Waals surface area contributed by atoms with E-state index < -0.39 is 0 Å². The van der Waals surface area contributed by atoms with Gasteiger partial charge in [-0.2, -0.15) is 0 Å². The van der Waals surface area contributed by atoms with Crippen LogP contribution in [0.15, 0.2) is 30.6 Å². The van der Waals surface area contributed by atoms with Gasteiger partial charge in [0, 0.05) is 37.7 Å². The predicted octanol–water partition coefficient (Wildman–Crippen LogP) is 2.92. The van der Waals surface area contributed by atoms with Gasteiger partial charge in [0.1, 0.15) is 5.69 Å². The first kappa shape index (κ1) is 17.3. The summed E-state index contributed by atoms with van der Waals surface area (Å²) in [6.45, 7) is 6.52. The summed E-state index contributed by atoms with van der Waals surface area (Å²) in [5.74, 6) is 0.750. The summed E-state index contributed by atoms with van der Waals surface area (Å²) in [7, 11) is 0. The van der Waals surface area contributed by atoms with Gasteiger partial charge in [-0.25, -0.2) is 9.97 Å². The van der Waals surface area contributed by atoms with Gasteiger partial charge in [-0.15, -0.1) is 0 Å². The highest BCUT2D eigenvalue weighted by atomic mass is 16.1. The molecule has 0 spiro atoms. The fourth-order valence-electron chi connectivity index (χ4n) is 2.88. The number of anilines is 1. The van der Waals surface area contributed by atoms with Crippen LogP contribution in [0, 0.1) is 0 Å². The van der Waals surface area contributed by atoms with E-state index in [1.807, 2.05) is 12.1 Å². The van der Waals surface area contributed by atoms with Gasteiger partial charge in [0.25, 0.3) is 5.91 Å². The largest absolute Gasteiger partial charge is 0.347 e. The minimum atomic E-state index is -0.175. The Labute approximate surface area is 148 Å². The van der Waals surface area contributed by atoms with E-state index in [1.54, 1.807) is 18.5 Å². The van der Waals surface area contributed by atoms with Crippen molar-refractivity contribution in [2.45, 2.75) is 45.6 Å². The van der Waals surface area contributed by atoms with E-state index in [2.05, 4.69) is 39.0 Å². The number of nitrogens with one attached hydrogen (secondary N) is 1. The monoisotopic (exact) mass is 339 g/mol. The second kappa shape index (κ2) is 8.05. The molecule has 1 amide bonds. The second-order valence-electron chi connectivity index (χ2n) is 6.72. The summed E-state index contributed by atoms with van der Waals surface area (Å²) in [5.41, 5.74) is 2.30. The second-order valence-corrected chi connectivity index (χ2v) is 6.72. The molecule has 2 aromatic heterocycles. The van der Waals surface area contributed by atoms with Crippen molar-refractivity contribution in [2.75, 3.05) is 18.0 Å². The van der Waals surface area contributed by atoms with E-state index in [9.17, 15) is 4.79 Å². The quantitative estimate of drug-likeness (QED) is 0.907. The van der Waals surface area contributed by atoms with Crippen molar-refractivity contribution in [1.82, 2.24) is 20.3 Å². The Balaban J connectivity index is 1.78. The van der Waals surface area contributed by atoms with Crippen LogP contribution >= 0.6 is 0 Å². The van der Waals surface area contributed by atoms with Gasteiger partial charge in [0.15, 0.2) is 0 Å². The molecule has 132 valence electrons. The summed E-state index contributed by atoms with van der Waals surface area (Å²) >= 11 is 0. The average molecular weight is 339 g/mol. The molecular weight excluding hydrogens is 314 g/mol. The zero-order chi connectivity index (χ0) is 17.6. The number of nitrogens with zero attached hydrogens (tertiary/aromatic N) is 4. The molecule has 0 bridgehead atoms. The molecule has 0 radical (unpaired) electrons. The lowest BCUT2D eigenvalue weighted by Gasteiger charge is -2.27. The topological polar surface area (TPSA) is 71.0 Å². The van der Waals surface area contributed by atoms with Crippen molar-refractivity contribution in [3.8, 4) is 0 Å². The molecule has 6 nitrogen and oxygen atoms in total. The molecular formula is C19H25N5O. The molecule has 0 aliphatic carbocycles. The average Bonchev–Trinajstić information content (AvgIpc) is 2.67. The number of amides is 1. The molecule has 0 aromatic carbocycles. The maximum absolute atomic E-state index is 12.6. The third-order valence-corrected chi connectivity index (χ3v) is 4.37. The SMILES string of the molecule is CC(C)c1cc(C(=O)NCc2cccnc2)nc(N2CCCCC2)n1. The minimum Gasteiger partial charge on any atom is -0.347 e. The van der Waals surface area contributed by atoms with Crippen LogP contribution in [0.4, 0.5) is 5.95 Å². The highest BCUT2D eigenvalue weighted by Crippen LogP contribution is 2.20. The lowest BCUT2D eigenvalue weighted by Crippen LogP contribution is -2.32.